The van der Waals surface area contributed by atoms with Gasteiger partial charge in [0.05, 0.1) is 12.2 Å². The molecule has 0 spiro atoms. The molecule has 0 radical (unpaired) electrons. The molecular weight excluding hydrogens is 226 g/mol. The number of carbonyl (C=O) groups excluding carboxylic acids is 1. The van der Waals surface area contributed by atoms with Crippen LogP contribution in [-0.4, -0.2) is 42.0 Å². The normalized spacial score (nSPS) is 35.4. The first kappa shape index (κ1) is 12.6. The summed E-state index contributed by atoms with van der Waals surface area (Å²) in [5.74, 6) is 0.452. The van der Waals surface area contributed by atoms with Gasteiger partial charge in [0.15, 0.2) is 0 Å². The Bertz CT molecular complexity index is 283. The average molecular weight is 251 g/mol. The fourth-order valence-corrected chi connectivity index (χ4v) is 3.46. The molecule has 3 aliphatic rings. The van der Waals surface area contributed by atoms with E-state index in [1.54, 1.807) is 0 Å². The topological polar surface area (TPSA) is 29.5 Å². The van der Waals surface area contributed by atoms with Crippen LogP contribution in [0.5, 0.6) is 0 Å². The van der Waals surface area contributed by atoms with Crippen LogP contribution in [0.4, 0.5) is 0 Å². The fraction of sp³-hybridized carbons (Fsp3) is 0.933. The zero-order valence-corrected chi connectivity index (χ0v) is 11.3. The Morgan fingerprint density at radius 1 is 0.889 bits per heavy atom. The van der Waals surface area contributed by atoms with Crippen LogP contribution in [0.15, 0.2) is 0 Å². The Labute approximate surface area is 110 Å². The molecule has 0 aromatic heterocycles. The van der Waals surface area contributed by atoms with E-state index >= 15 is 0 Å². The second kappa shape index (κ2) is 5.70. The molecule has 1 heterocycles. The lowest BCUT2D eigenvalue weighted by atomic mass is 9.89. The monoisotopic (exact) mass is 251 g/mol. The molecule has 18 heavy (non-hydrogen) atoms. The Morgan fingerprint density at radius 3 is 2.06 bits per heavy atom. The molecule has 2 saturated carbocycles. The Kier molecular flexibility index (Phi) is 4.00. The molecular formula is C15H25NO2. The summed E-state index contributed by atoms with van der Waals surface area (Å²) >= 11 is 0. The van der Waals surface area contributed by atoms with Crippen molar-refractivity contribution in [1.29, 1.82) is 0 Å². The minimum absolute atomic E-state index is 0.452. The van der Waals surface area contributed by atoms with Crippen molar-refractivity contribution in [3.8, 4) is 0 Å². The van der Waals surface area contributed by atoms with Crippen LogP contribution in [0, 0.1) is 0 Å². The van der Waals surface area contributed by atoms with Crippen molar-refractivity contribution in [3.05, 3.63) is 0 Å². The Morgan fingerprint density at radius 2 is 1.50 bits per heavy atom. The molecule has 0 amide bonds. The van der Waals surface area contributed by atoms with Crippen molar-refractivity contribution >= 4 is 5.78 Å². The van der Waals surface area contributed by atoms with Crippen LogP contribution in [0.1, 0.15) is 57.8 Å². The van der Waals surface area contributed by atoms with Gasteiger partial charge >= 0.3 is 0 Å². The maximum absolute atomic E-state index is 11.3. The highest BCUT2D eigenvalue weighted by Crippen LogP contribution is 2.31. The summed E-state index contributed by atoms with van der Waals surface area (Å²) in [6, 6.07) is 0.722. The molecule has 3 fully saturated rings. The molecule has 1 aliphatic heterocycles. The van der Waals surface area contributed by atoms with E-state index in [0.29, 0.717) is 18.0 Å². The predicted molar refractivity (Wildman–Crippen MR) is 70.6 cm³/mol. The SMILES string of the molecule is O=C1CCN(C2CCC(OC3CCC3)CC2)CC1. The number of rotatable bonds is 3. The summed E-state index contributed by atoms with van der Waals surface area (Å²) in [6.07, 6.45) is 11.6. The first-order valence-corrected chi connectivity index (χ1v) is 7.72. The highest BCUT2D eigenvalue weighted by Gasteiger charge is 2.30. The summed E-state index contributed by atoms with van der Waals surface area (Å²) in [4.78, 5) is 13.8. The molecule has 1 saturated heterocycles. The van der Waals surface area contributed by atoms with E-state index in [2.05, 4.69) is 4.90 Å². The molecule has 0 aromatic carbocycles. The van der Waals surface area contributed by atoms with Gasteiger partial charge < -0.3 is 4.74 Å². The van der Waals surface area contributed by atoms with E-state index in [1.165, 1.54) is 44.9 Å². The number of hydrogen-bond acceptors (Lipinski definition) is 3. The number of ketones is 1. The van der Waals surface area contributed by atoms with Gasteiger partial charge in [0, 0.05) is 32.0 Å². The molecule has 102 valence electrons. The Balaban J connectivity index is 1.40. The number of likely N-dealkylation sites (tertiary alicyclic amines) is 1. The molecule has 0 aromatic rings. The molecule has 0 bridgehead atoms. The van der Waals surface area contributed by atoms with Crippen LogP contribution in [-0.2, 0) is 9.53 Å². The number of ether oxygens (including phenoxy) is 1. The number of carbonyl (C=O) groups is 1. The zero-order chi connectivity index (χ0) is 12.4. The van der Waals surface area contributed by atoms with Crippen LogP contribution < -0.4 is 0 Å². The van der Waals surface area contributed by atoms with E-state index in [-0.39, 0.29) is 0 Å². The van der Waals surface area contributed by atoms with Gasteiger partial charge in [0.2, 0.25) is 0 Å². The van der Waals surface area contributed by atoms with E-state index in [1.807, 2.05) is 0 Å². The third-order valence-corrected chi connectivity index (χ3v) is 4.95. The van der Waals surface area contributed by atoms with Crippen molar-refractivity contribution in [2.24, 2.45) is 0 Å². The highest BCUT2D eigenvalue weighted by atomic mass is 16.5. The predicted octanol–water partition coefficient (Wildman–Crippen LogP) is 2.53. The van der Waals surface area contributed by atoms with Gasteiger partial charge in [-0.05, 0) is 44.9 Å². The number of hydrogen-bond donors (Lipinski definition) is 0. The van der Waals surface area contributed by atoms with Crippen LogP contribution >= 0.6 is 0 Å². The minimum Gasteiger partial charge on any atom is -0.375 e. The van der Waals surface area contributed by atoms with Crippen molar-refractivity contribution in [2.75, 3.05) is 13.1 Å². The second-order valence-corrected chi connectivity index (χ2v) is 6.19. The van der Waals surface area contributed by atoms with Crippen LogP contribution in [0.25, 0.3) is 0 Å². The lowest BCUT2D eigenvalue weighted by Gasteiger charge is -2.40. The maximum atomic E-state index is 11.3. The molecule has 3 rings (SSSR count). The third kappa shape index (κ3) is 2.94. The average Bonchev–Trinajstić information content (AvgIpc) is 2.36. The van der Waals surface area contributed by atoms with Gasteiger partial charge in [-0.25, -0.2) is 0 Å². The van der Waals surface area contributed by atoms with Crippen molar-refractivity contribution in [3.63, 3.8) is 0 Å². The Hall–Kier alpha value is -0.410. The van der Waals surface area contributed by atoms with Gasteiger partial charge in [-0.3, -0.25) is 9.69 Å². The van der Waals surface area contributed by atoms with E-state index in [4.69, 9.17) is 4.74 Å². The maximum Gasteiger partial charge on any atom is 0.135 e. The number of nitrogens with zero attached hydrogens (tertiary/aromatic N) is 1. The smallest absolute Gasteiger partial charge is 0.135 e. The van der Waals surface area contributed by atoms with Gasteiger partial charge in [-0.2, -0.15) is 0 Å². The quantitative estimate of drug-likeness (QED) is 0.772. The van der Waals surface area contributed by atoms with Crippen LogP contribution in [0.2, 0.25) is 0 Å². The van der Waals surface area contributed by atoms with Gasteiger partial charge in [-0.15, -0.1) is 0 Å². The summed E-state index contributed by atoms with van der Waals surface area (Å²) in [5, 5.41) is 0. The first-order chi connectivity index (χ1) is 8.81. The van der Waals surface area contributed by atoms with Gasteiger partial charge in [0.25, 0.3) is 0 Å². The van der Waals surface area contributed by atoms with Crippen molar-refractivity contribution in [2.45, 2.75) is 76.0 Å². The summed E-state index contributed by atoms with van der Waals surface area (Å²) < 4.78 is 6.11. The zero-order valence-electron chi connectivity index (χ0n) is 11.3. The molecule has 2 aliphatic carbocycles. The summed E-state index contributed by atoms with van der Waals surface area (Å²) in [6.45, 7) is 2.00. The standard InChI is InChI=1S/C15H25NO2/c17-13-8-10-16(11-9-13)12-4-6-15(7-5-12)18-14-2-1-3-14/h12,14-15H,1-11H2. The van der Waals surface area contributed by atoms with Gasteiger partial charge in [-0.1, -0.05) is 0 Å². The lowest BCUT2D eigenvalue weighted by molar-refractivity contribution is -0.122. The first-order valence-electron chi connectivity index (χ1n) is 7.72. The largest absolute Gasteiger partial charge is 0.375 e. The number of piperidine rings is 1. The molecule has 3 heteroatoms. The third-order valence-electron chi connectivity index (χ3n) is 4.95. The fourth-order valence-electron chi connectivity index (χ4n) is 3.46. The number of Topliss-reactive ketones (excluding diaryl/α,β-unsaturated/α-hetero) is 1. The van der Waals surface area contributed by atoms with E-state index in [0.717, 1.165) is 32.0 Å². The summed E-state index contributed by atoms with van der Waals surface area (Å²) in [7, 11) is 0. The van der Waals surface area contributed by atoms with E-state index in [9.17, 15) is 4.79 Å². The van der Waals surface area contributed by atoms with Crippen molar-refractivity contribution < 1.29 is 9.53 Å². The molecule has 0 N–H and O–H groups in total. The van der Waals surface area contributed by atoms with Crippen LogP contribution in [0.3, 0.4) is 0 Å². The lowest BCUT2D eigenvalue weighted by Crippen LogP contribution is -2.44. The van der Waals surface area contributed by atoms with E-state index < -0.39 is 0 Å². The van der Waals surface area contributed by atoms with Gasteiger partial charge in [0.1, 0.15) is 5.78 Å². The second-order valence-electron chi connectivity index (χ2n) is 6.19. The summed E-state index contributed by atoms with van der Waals surface area (Å²) in [5.41, 5.74) is 0. The highest BCUT2D eigenvalue weighted by molar-refractivity contribution is 5.79. The minimum atomic E-state index is 0.452. The molecule has 0 atom stereocenters. The molecule has 0 unspecified atom stereocenters. The van der Waals surface area contributed by atoms with Crippen molar-refractivity contribution in [1.82, 2.24) is 4.90 Å². The molecule has 3 nitrogen and oxygen atoms in total.